The number of rotatable bonds is 6. The second-order valence-corrected chi connectivity index (χ2v) is 6.81. The van der Waals surface area contributed by atoms with Gasteiger partial charge in [0.05, 0.1) is 19.3 Å². The molecule has 2 fully saturated rings. The van der Waals surface area contributed by atoms with E-state index in [0.29, 0.717) is 31.4 Å². The first-order valence-corrected chi connectivity index (χ1v) is 8.92. The molecule has 1 saturated heterocycles. The van der Waals surface area contributed by atoms with Crippen molar-refractivity contribution in [2.45, 2.75) is 31.7 Å². The molecule has 7 nitrogen and oxygen atoms in total. The van der Waals surface area contributed by atoms with Gasteiger partial charge in [-0.15, -0.1) is 0 Å². The lowest BCUT2D eigenvalue weighted by Crippen LogP contribution is -2.43. The molecular formula is C18H24N4O3. The van der Waals surface area contributed by atoms with Gasteiger partial charge < -0.3 is 14.5 Å². The van der Waals surface area contributed by atoms with Crippen molar-refractivity contribution in [1.82, 2.24) is 20.4 Å². The van der Waals surface area contributed by atoms with E-state index in [1.165, 1.54) is 12.8 Å². The van der Waals surface area contributed by atoms with Gasteiger partial charge in [-0.1, -0.05) is 0 Å². The van der Waals surface area contributed by atoms with Gasteiger partial charge in [-0.25, -0.2) is 0 Å². The van der Waals surface area contributed by atoms with Crippen molar-refractivity contribution in [2.24, 2.45) is 0 Å². The van der Waals surface area contributed by atoms with Crippen LogP contribution in [0.25, 0.3) is 0 Å². The number of ether oxygens (including phenoxy) is 1. The number of furan rings is 1. The fourth-order valence-corrected chi connectivity index (χ4v) is 3.27. The smallest absolute Gasteiger partial charge is 0.271 e. The van der Waals surface area contributed by atoms with Gasteiger partial charge in [0.15, 0.2) is 0 Å². The molecule has 7 heteroatoms. The first-order valence-electron chi connectivity index (χ1n) is 8.92. The first kappa shape index (κ1) is 16.4. The Labute approximate surface area is 146 Å². The summed E-state index contributed by atoms with van der Waals surface area (Å²) in [6, 6.07) is 5.82. The Morgan fingerprint density at radius 2 is 2.20 bits per heavy atom. The highest BCUT2D eigenvalue weighted by Crippen LogP contribution is 2.39. The lowest BCUT2D eigenvalue weighted by molar-refractivity contribution is 0.0117. The number of hydrogen-bond donors (Lipinski definition) is 2. The summed E-state index contributed by atoms with van der Waals surface area (Å²) < 4.78 is 11.3. The highest BCUT2D eigenvalue weighted by atomic mass is 16.5. The molecule has 1 saturated carbocycles. The van der Waals surface area contributed by atoms with E-state index in [9.17, 15) is 4.79 Å². The number of H-pyrrole nitrogens is 1. The minimum absolute atomic E-state index is 0.00314. The maximum Gasteiger partial charge on any atom is 0.271 e. The molecule has 0 spiro atoms. The average molecular weight is 344 g/mol. The second-order valence-electron chi connectivity index (χ2n) is 6.81. The van der Waals surface area contributed by atoms with E-state index in [4.69, 9.17) is 9.15 Å². The van der Waals surface area contributed by atoms with Gasteiger partial charge in [-0.3, -0.25) is 14.8 Å². The highest BCUT2D eigenvalue weighted by molar-refractivity contribution is 5.92. The van der Waals surface area contributed by atoms with Crippen molar-refractivity contribution in [1.29, 1.82) is 0 Å². The zero-order valence-electron chi connectivity index (χ0n) is 14.5. The molecule has 2 aliphatic rings. The predicted octanol–water partition coefficient (Wildman–Crippen LogP) is 1.99. The molecule has 1 aliphatic carbocycles. The minimum atomic E-state index is -0.148. The van der Waals surface area contributed by atoms with Crippen LogP contribution >= 0.6 is 0 Å². The van der Waals surface area contributed by atoms with Gasteiger partial charge in [0.2, 0.25) is 0 Å². The van der Waals surface area contributed by atoms with Gasteiger partial charge >= 0.3 is 0 Å². The fraction of sp³-hybridized carbons (Fsp3) is 0.556. The maximum absolute atomic E-state index is 12.5. The lowest BCUT2D eigenvalue weighted by Gasteiger charge is -2.33. The van der Waals surface area contributed by atoms with Gasteiger partial charge in [0, 0.05) is 31.2 Å². The van der Waals surface area contributed by atoms with Crippen LogP contribution < -0.4 is 5.32 Å². The van der Waals surface area contributed by atoms with Crippen molar-refractivity contribution in [3.63, 3.8) is 0 Å². The average Bonchev–Trinajstić information content (AvgIpc) is 3.20. The van der Waals surface area contributed by atoms with Crippen LogP contribution in [0.1, 0.15) is 52.5 Å². The number of morpholine rings is 1. The molecule has 2 aromatic rings. The third kappa shape index (κ3) is 3.77. The van der Waals surface area contributed by atoms with Crippen LogP contribution in [-0.4, -0.2) is 53.9 Å². The summed E-state index contributed by atoms with van der Waals surface area (Å²) in [6.07, 6.45) is 2.36. The highest BCUT2D eigenvalue weighted by Gasteiger charge is 2.28. The predicted molar refractivity (Wildman–Crippen MR) is 91.5 cm³/mol. The SMILES string of the molecule is Cc1ccc([C@@H](CNC(=O)c2cc(C3CC3)[nH]n2)N2CCOCC2)o1. The van der Waals surface area contributed by atoms with E-state index >= 15 is 0 Å². The summed E-state index contributed by atoms with van der Waals surface area (Å²) in [4.78, 5) is 14.8. The van der Waals surface area contributed by atoms with Gasteiger partial charge in [-0.05, 0) is 38.0 Å². The van der Waals surface area contributed by atoms with E-state index in [0.717, 1.165) is 30.3 Å². The summed E-state index contributed by atoms with van der Waals surface area (Å²) in [5.41, 5.74) is 1.52. The van der Waals surface area contributed by atoms with Crippen LogP contribution in [0.3, 0.4) is 0 Å². The molecule has 25 heavy (non-hydrogen) atoms. The molecule has 0 radical (unpaired) electrons. The summed E-state index contributed by atoms with van der Waals surface area (Å²) in [5, 5.41) is 10.1. The molecule has 134 valence electrons. The molecule has 1 atom stereocenters. The topological polar surface area (TPSA) is 83.4 Å². The molecule has 0 unspecified atom stereocenters. The number of amides is 1. The lowest BCUT2D eigenvalue weighted by atomic mass is 10.1. The molecule has 2 aromatic heterocycles. The Morgan fingerprint density at radius 3 is 2.88 bits per heavy atom. The van der Waals surface area contributed by atoms with Crippen molar-refractivity contribution in [2.75, 3.05) is 32.8 Å². The number of aromatic nitrogens is 2. The molecule has 2 N–H and O–H groups in total. The monoisotopic (exact) mass is 344 g/mol. The van der Waals surface area contributed by atoms with Crippen LogP contribution in [0, 0.1) is 6.92 Å². The van der Waals surface area contributed by atoms with Crippen molar-refractivity contribution in [3.8, 4) is 0 Å². The number of carbonyl (C=O) groups is 1. The van der Waals surface area contributed by atoms with Crippen molar-refractivity contribution in [3.05, 3.63) is 41.1 Å². The van der Waals surface area contributed by atoms with E-state index in [1.807, 2.05) is 25.1 Å². The molecule has 1 aliphatic heterocycles. The molecule has 4 rings (SSSR count). The number of aromatic amines is 1. The Balaban J connectivity index is 1.43. The normalized spacial score (nSPS) is 19.7. The van der Waals surface area contributed by atoms with Crippen LogP contribution in [0.4, 0.5) is 0 Å². The Kier molecular flexibility index (Phi) is 4.59. The molecule has 0 bridgehead atoms. The van der Waals surface area contributed by atoms with Gasteiger partial charge in [0.1, 0.15) is 17.2 Å². The van der Waals surface area contributed by atoms with E-state index < -0.39 is 0 Å². The quantitative estimate of drug-likeness (QED) is 0.837. The molecule has 0 aromatic carbocycles. The third-order valence-corrected chi connectivity index (χ3v) is 4.88. The van der Waals surface area contributed by atoms with Crippen molar-refractivity contribution < 1.29 is 13.9 Å². The Morgan fingerprint density at radius 1 is 1.40 bits per heavy atom. The van der Waals surface area contributed by atoms with E-state index in [1.54, 1.807) is 0 Å². The van der Waals surface area contributed by atoms with Gasteiger partial charge in [0.25, 0.3) is 5.91 Å². The standard InChI is InChI=1S/C18H24N4O3/c1-12-2-5-17(25-12)16(22-6-8-24-9-7-22)11-19-18(23)15-10-14(20-21-15)13-3-4-13/h2,5,10,13,16H,3-4,6-9,11H2,1H3,(H,19,23)(H,20,21)/t16-/m1/s1. The first-order chi connectivity index (χ1) is 12.2. The molecule has 3 heterocycles. The van der Waals surface area contributed by atoms with Crippen LogP contribution in [0.5, 0.6) is 0 Å². The van der Waals surface area contributed by atoms with E-state index in [2.05, 4.69) is 20.4 Å². The number of nitrogens with one attached hydrogen (secondary N) is 2. The maximum atomic E-state index is 12.5. The Bertz CT molecular complexity index is 728. The summed E-state index contributed by atoms with van der Waals surface area (Å²) in [7, 11) is 0. The number of carbonyl (C=O) groups excluding carboxylic acids is 1. The van der Waals surface area contributed by atoms with Crippen LogP contribution in [0.2, 0.25) is 0 Å². The summed E-state index contributed by atoms with van der Waals surface area (Å²) in [5.74, 6) is 2.16. The minimum Gasteiger partial charge on any atom is -0.465 e. The Hall–Kier alpha value is -2.12. The zero-order valence-corrected chi connectivity index (χ0v) is 14.5. The fourth-order valence-electron chi connectivity index (χ4n) is 3.27. The number of hydrogen-bond acceptors (Lipinski definition) is 5. The second kappa shape index (κ2) is 7.01. The zero-order chi connectivity index (χ0) is 17.2. The molecular weight excluding hydrogens is 320 g/mol. The van der Waals surface area contributed by atoms with Crippen LogP contribution in [-0.2, 0) is 4.74 Å². The summed E-state index contributed by atoms with van der Waals surface area (Å²) >= 11 is 0. The molecule has 1 amide bonds. The largest absolute Gasteiger partial charge is 0.465 e. The van der Waals surface area contributed by atoms with E-state index in [-0.39, 0.29) is 11.9 Å². The van der Waals surface area contributed by atoms with Crippen LogP contribution in [0.15, 0.2) is 22.6 Å². The third-order valence-electron chi connectivity index (χ3n) is 4.88. The number of nitrogens with zero attached hydrogens (tertiary/aromatic N) is 2. The number of aryl methyl sites for hydroxylation is 1. The summed E-state index contributed by atoms with van der Waals surface area (Å²) in [6.45, 7) is 5.48. The van der Waals surface area contributed by atoms with Crippen molar-refractivity contribution >= 4 is 5.91 Å². The van der Waals surface area contributed by atoms with Gasteiger partial charge in [-0.2, -0.15) is 5.10 Å².